The molecule has 0 amide bonds. The molecular weight excluding hydrogens is 211 g/mol. The van der Waals surface area contributed by atoms with Gasteiger partial charge in [-0.25, -0.2) is 0 Å². The molecule has 0 fully saturated rings. The van der Waals surface area contributed by atoms with Crippen molar-refractivity contribution in [2.24, 2.45) is 0 Å². The topological polar surface area (TPSA) is 68.2 Å². The summed E-state index contributed by atoms with van der Waals surface area (Å²) in [7, 11) is 2.89. The number of hydrogen-bond acceptors (Lipinski definition) is 5. The van der Waals surface area contributed by atoms with Crippen LogP contribution in [0.5, 0.6) is 0 Å². The average Bonchev–Trinajstić information content (AvgIpc) is 2.33. The van der Waals surface area contributed by atoms with Crippen LogP contribution in [0.3, 0.4) is 0 Å². The highest BCUT2D eigenvalue weighted by Crippen LogP contribution is 2.25. The van der Waals surface area contributed by atoms with Crippen LogP contribution in [0, 0.1) is 0 Å². The van der Waals surface area contributed by atoms with Gasteiger partial charge in [-0.3, -0.25) is 0 Å². The van der Waals surface area contributed by atoms with E-state index >= 15 is 0 Å². The first-order valence-corrected chi connectivity index (χ1v) is 4.71. The lowest BCUT2D eigenvalue weighted by molar-refractivity contribution is -0.364. The number of benzene rings is 1. The van der Waals surface area contributed by atoms with Crippen molar-refractivity contribution < 1.29 is 24.3 Å². The summed E-state index contributed by atoms with van der Waals surface area (Å²) in [4.78, 5) is 0. The minimum Gasteiger partial charge on any atom is -0.423 e. The van der Waals surface area contributed by atoms with E-state index in [0.29, 0.717) is 11.0 Å². The molecule has 0 aliphatic heterocycles. The minimum atomic E-state index is -1.49. The van der Waals surface area contributed by atoms with Gasteiger partial charge in [0.15, 0.2) is 0 Å². The van der Waals surface area contributed by atoms with E-state index < -0.39 is 13.1 Å². The predicted octanol–water partition coefficient (Wildman–Crippen LogP) is -0.584. The Bertz CT molecular complexity index is 312. The molecule has 0 spiro atoms. The third kappa shape index (κ3) is 2.42. The molecule has 0 heterocycles. The Morgan fingerprint density at radius 2 is 1.38 bits per heavy atom. The Kier molecular flexibility index (Phi) is 4.46. The molecule has 0 saturated heterocycles. The van der Waals surface area contributed by atoms with Crippen molar-refractivity contribution in [2.75, 3.05) is 21.3 Å². The molecule has 1 aromatic rings. The van der Waals surface area contributed by atoms with Crippen LogP contribution in [0.2, 0.25) is 0 Å². The Hall–Kier alpha value is -0.915. The summed E-state index contributed by atoms with van der Waals surface area (Å²) in [6.45, 7) is 0. The average molecular weight is 226 g/mol. The maximum absolute atomic E-state index is 8.95. The predicted molar refractivity (Wildman–Crippen MR) is 59.0 cm³/mol. The standard InChI is InChI=1S/C10H15BO5/c1-14-10(15-2,16-3)8-4-6-9(7-5-8)11(12)13/h4-7,12-13H,1-3H3. The van der Waals surface area contributed by atoms with Crippen LogP contribution in [0.15, 0.2) is 24.3 Å². The number of methoxy groups -OCH3 is 3. The second kappa shape index (κ2) is 5.42. The molecule has 0 unspecified atom stereocenters. The Morgan fingerprint density at radius 1 is 0.938 bits per heavy atom. The molecule has 1 rings (SSSR count). The van der Waals surface area contributed by atoms with Crippen molar-refractivity contribution >= 4 is 12.6 Å². The summed E-state index contributed by atoms with van der Waals surface area (Å²) in [5, 5.41) is 17.9. The van der Waals surface area contributed by atoms with Crippen molar-refractivity contribution in [2.45, 2.75) is 5.97 Å². The van der Waals surface area contributed by atoms with Crippen LogP contribution in [0.4, 0.5) is 0 Å². The van der Waals surface area contributed by atoms with Crippen molar-refractivity contribution in [1.29, 1.82) is 0 Å². The molecule has 0 bridgehead atoms. The molecule has 6 heteroatoms. The Morgan fingerprint density at radius 3 is 1.69 bits per heavy atom. The summed E-state index contributed by atoms with van der Waals surface area (Å²) >= 11 is 0. The molecule has 2 N–H and O–H groups in total. The van der Waals surface area contributed by atoms with Crippen molar-refractivity contribution in [3.63, 3.8) is 0 Å². The smallest absolute Gasteiger partial charge is 0.423 e. The molecule has 0 saturated carbocycles. The van der Waals surface area contributed by atoms with Gasteiger partial charge in [-0.2, -0.15) is 0 Å². The van der Waals surface area contributed by atoms with Gasteiger partial charge in [-0.15, -0.1) is 0 Å². The Labute approximate surface area is 94.7 Å². The van der Waals surface area contributed by atoms with Gasteiger partial charge in [0.05, 0.1) is 0 Å². The van der Waals surface area contributed by atoms with Gasteiger partial charge in [0.2, 0.25) is 0 Å². The second-order valence-electron chi connectivity index (χ2n) is 3.16. The second-order valence-corrected chi connectivity index (χ2v) is 3.16. The van der Waals surface area contributed by atoms with E-state index in [2.05, 4.69) is 0 Å². The van der Waals surface area contributed by atoms with Gasteiger partial charge in [-0.05, 0) is 5.46 Å². The first-order chi connectivity index (χ1) is 7.59. The van der Waals surface area contributed by atoms with Crippen molar-refractivity contribution in [3.05, 3.63) is 29.8 Å². The van der Waals surface area contributed by atoms with E-state index in [9.17, 15) is 0 Å². The highest BCUT2D eigenvalue weighted by molar-refractivity contribution is 6.58. The molecule has 0 aliphatic rings. The first-order valence-electron chi connectivity index (χ1n) is 4.71. The normalized spacial score (nSPS) is 11.6. The fourth-order valence-electron chi connectivity index (χ4n) is 1.46. The minimum absolute atomic E-state index is 0.390. The molecule has 0 aliphatic carbocycles. The van der Waals surface area contributed by atoms with Crippen LogP contribution >= 0.6 is 0 Å². The number of rotatable bonds is 5. The van der Waals surface area contributed by atoms with E-state index in [4.69, 9.17) is 24.3 Å². The van der Waals surface area contributed by atoms with Crippen molar-refractivity contribution in [3.8, 4) is 0 Å². The van der Waals surface area contributed by atoms with E-state index in [0.717, 1.165) is 0 Å². The van der Waals surface area contributed by atoms with Crippen LogP contribution in [-0.2, 0) is 20.2 Å². The summed E-state index contributed by atoms with van der Waals surface area (Å²) in [5.41, 5.74) is 1.02. The highest BCUT2D eigenvalue weighted by Gasteiger charge is 2.32. The monoisotopic (exact) mass is 226 g/mol. The fraction of sp³-hybridized carbons (Fsp3) is 0.400. The summed E-state index contributed by atoms with van der Waals surface area (Å²) in [6.07, 6.45) is 0. The summed E-state index contributed by atoms with van der Waals surface area (Å²) in [5.74, 6) is -1.26. The quantitative estimate of drug-likeness (QED) is 0.519. The zero-order valence-corrected chi connectivity index (χ0v) is 9.51. The maximum Gasteiger partial charge on any atom is 0.488 e. The SMILES string of the molecule is COC(OC)(OC)c1ccc(B(O)O)cc1. The van der Waals surface area contributed by atoms with Crippen molar-refractivity contribution in [1.82, 2.24) is 0 Å². The number of ether oxygens (including phenoxy) is 3. The lowest BCUT2D eigenvalue weighted by Crippen LogP contribution is -2.34. The lowest BCUT2D eigenvalue weighted by atomic mass is 9.80. The van der Waals surface area contributed by atoms with E-state index in [1.165, 1.54) is 21.3 Å². The third-order valence-electron chi connectivity index (χ3n) is 2.37. The Balaban J connectivity index is 3.03. The molecule has 1 aromatic carbocycles. The van der Waals surface area contributed by atoms with Gasteiger partial charge < -0.3 is 24.3 Å². The summed E-state index contributed by atoms with van der Waals surface area (Å²) in [6, 6.07) is 6.41. The van der Waals surface area contributed by atoms with Crippen LogP contribution in [0.25, 0.3) is 0 Å². The molecule has 0 atom stereocenters. The molecule has 5 nitrogen and oxygen atoms in total. The van der Waals surface area contributed by atoms with Gasteiger partial charge >= 0.3 is 13.1 Å². The van der Waals surface area contributed by atoms with Gasteiger partial charge in [0, 0.05) is 26.9 Å². The van der Waals surface area contributed by atoms with Crippen LogP contribution in [-0.4, -0.2) is 38.5 Å². The highest BCUT2D eigenvalue weighted by atomic mass is 16.9. The first kappa shape index (κ1) is 13.2. The zero-order chi connectivity index (χ0) is 12.2. The molecule has 0 aromatic heterocycles. The summed E-state index contributed by atoms with van der Waals surface area (Å²) < 4.78 is 15.5. The van der Waals surface area contributed by atoms with Crippen LogP contribution < -0.4 is 5.46 Å². The molecule has 0 radical (unpaired) electrons. The molecule has 16 heavy (non-hydrogen) atoms. The van der Waals surface area contributed by atoms with E-state index in [1.54, 1.807) is 24.3 Å². The van der Waals surface area contributed by atoms with Gasteiger partial charge in [0.1, 0.15) is 0 Å². The zero-order valence-electron chi connectivity index (χ0n) is 9.51. The maximum atomic E-state index is 8.95. The molecular formula is C10H15BO5. The fourth-order valence-corrected chi connectivity index (χ4v) is 1.46. The van der Waals surface area contributed by atoms with Crippen LogP contribution in [0.1, 0.15) is 5.56 Å². The largest absolute Gasteiger partial charge is 0.488 e. The van der Waals surface area contributed by atoms with Gasteiger partial charge in [-0.1, -0.05) is 24.3 Å². The number of hydrogen-bond donors (Lipinski definition) is 2. The molecule has 88 valence electrons. The lowest BCUT2D eigenvalue weighted by Gasteiger charge is -2.28. The van der Waals surface area contributed by atoms with Gasteiger partial charge in [0.25, 0.3) is 0 Å². The van der Waals surface area contributed by atoms with E-state index in [-0.39, 0.29) is 0 Å². The third-order valence-corrected chi connectivity index (χ3v) is 2.37. The van der Waals surface area contributed by atoms with E-state index in [1.807, 2.05) is 0 Å².